The van der Waals surface area contributed by atoms with Crippen LogP contribution >= 0.6 is 11.6 Å². The first kappa shape index (κ1) is 9.69. The van der Waals surface area contributed by atoms with Crippen LogP contribution in [-0.4, -0.2) is 11.6 Å². The molecule has 1 rings (SSSR count). The van der Waals surface area contributed by atoms with Gasteiger partial charge in [-0.2, -0.15) is 0 Å². The predicted octanol–water partition coefficient (Wildman–Crippen LogP) is 1.72. The SMILES string of the molecule is C#CCCOc1ncc(Cl)cc1N. The lowest BCUT2D eigenvalue weighted by Gasteiger charge is -2.05. The Morgan fingerprint density at radius 1 is 1.69 bits per heavy atom. The molecule has 1 aromatic heterocycles. The first-order valence-electron chi connectivity index (χ1n) is 3.71. The van der Waals surface area contributed by atoms with Crippen LogP contribution in [0.15, 0.2) is 12.3 Å². The molecule has 0 spiro atoms. The van der Waals surface area contributed by atoms with Gasteiger partial charge in [-0.15, -0.1) is 12.3 Å². The third kappa shape index (κ3) is 2.85. The third-order valence-corrected chi connectivity index (χ3v) is 1.54. The summed E-state index contributed by atoms with van der Waals surface area (Å²) >= 11 is 5.65. The van der Waals surface area contributed by atoms with Gasteiger partial charge in [0, 0.05) is 12.6 Å². The fraction of sp³-hybridized carbons (Fsp3) is 0.222. The van der Waals surface area contributed by atoms with Gasteiger partial charge in [0.1, 0.15) is 6.61 Å². The number of nitrogens with zero attached hydrogens (tertiary/aromatic N) is 1. The van der Waals surface area contributed by atoms with E-state index in [-0.39, 0.29) is 0 Å². The van der Waals surface area contributed by atoms with Crippen molar-refractivity contribution >= 4 is 17.3 Å². The average molecular weight is 197 g/mol. The van der Waals surface area contributed by atoms with Crippen LogP contribution in [0.5, 0.6) is 5.88 Å². The zero-order valence-corrected chi connectivity index (χ0v) is 7.71. The van der Waals surface area contributed by atoms with Gasteiger partial charge in [-0.3, -0.25) is 0 Å². The van der Waals surface area contributed by atoms with Crippen molar-refractivity contribution in [1.29, 1.82) is 0 Å². The molecule has 13 heavy (non-hydrogen) atoms. The molecule has 0 radical (unpaired) electrons. The highest BCUT2D eigenvalue weighted by Gasteiger charge is 2.01. The van der Waals surface area contributed by atoms with Gasteiger partial charge in [0.2, 0.25) is 5.88 Å². The molecule has 0 amide bonds. The van der Waals surface area contributed by atoms with E-state index >= 15 is 0 Å². The van der Waals surface area contributed by atoms with Crippen molar-refractivity contribution in [2.45, 2.75) is 6.42 Å². The third-order valence-electron chi connectivity index (χ3n) is 1.33. The highest BCUT2D eigenvalue weighted by Crippen LogP contribution is 2.21. The minimum absolute atomic E-state index is 0.375. The monoisotopic (exact) mass is 196 g/mol. The second kappa shape index (κ2) is 4.58. The molecule has 3 nitrogen and oxygen atoms in total. The molecule has 1 aromatic rings. The van der Waals surface area contributed by atoms with E-state index in [1.165, 1.54) is 6.20 Å². The fourth-order valence-electron chi connectivity index (χ4n) is 0.770. The number of anilines is 1. The molecule has 0 saturated heterocycles. The Morgan fingerprint density at radius 3 is 3.08 bits per heavy atom. The van der Waals surface area contributed by atoms with Crippen molar-refractivity contribution < 1.29 is 4.74 Å². The Morgan fingerprint density at radius 2 is 2.46 bits per heavy atom. The van der Waals surface area contributed by atoms with E-state index in [0.717, 1.165) is 0 Å². The zero-order valence-electron chi connectivity index (χ0n) is 6.96. The minimum Gasteiger partial charge on any atom is -0.475 e. The fourth-order valence-corrected chi connectivity index (χ4v) is 0.936. The average Bonchev–Trinajstić information content (AvgIpc) is 2.09. The number of aromatic nitrogens is 1. The summed E-state index contributed by atoms with van der Waals surface area (Å²) in [6.45, 7) is 0.412. The maximum atomic E-state index is 5.65. The van der Waals surface area contributed by atoms with Crippen molar-refractivity contribution in [1.82, 2.24) is 4.98 Å². The largest absolute Gasteiger partial charge is 0.475 e. The lowest BCUT2D eigenvalue weighted by Crippen LogP contribution is -2.01. The number of rotatable bonds is 3. The molecule has 0 saturated carbocycles. The van der Waals surface area contributed by atoms with Gasteiger partial charge in [0.25, 0.3) is 0 Å². The Kier molecular flexibility index (Phi) is 3.41. The van der Waals surface area contributed by atoms with Gasteiger partial charge in [0.05, 0.1) is 10.7 Å². The molecular weight excluding hydrogens is 188 g/mol. The van der Waals surface area contributed by atoms with Gasteiger partial charge >= 0.3 is 0 Å². The van der Waals surface area contributed by atoms with Crippen molar-refractivity contribution in [3.63, 3.8) is 0 Å². The molecule has 0 unspecified atom stereocenters. The van der Waals surface area contributed by atoms with Gasteiger partial charge in [-0.25, -0.2) is 4.98 Å². The summed E-state index contributed by atoms with van der Waals surface area (Å²) in [5, 5.41) is 0.488. The normalized spacial score (nSPS) is 9.23. The molecule has 1 heterocycles. The van der Waals surface area contributed by atoms with Gasteiger partial charge in [-0.1, -0.05) is 11.6 Å². The summed E-state index contributed by atoms with van der Waals surface area (Å²) in [5.74, 6) is 2.82. The molecule has 0 aromatic carbocycles. The van der Waals surface area contributed by atoms with Crippen LogP contribution in [-0.2, 0) is 0 Å². The maximum absolute atomic E-state index is 5.65. The predicted molar refractivity (Wildman–Crippen MR) is 52.6 cm³/mol. The molecule has 68 valence electrons. The summed E-state index contributed by atoms with van der Waals surface area (Å²) in [4.78, 5) is 3.90. The van der Waals surface area contributed by atoms with Crippen molar-refractivity contribution in [2.24, 2.45) is 0 Å². The number of hydrogen-bond donors (Lipinski definition) is 1. The molecule has 0 aliphatic carbocycles. The number of terminal acetylenes is 1. The van der Waals surface area contributed by atoms with E-state index in [4.69, 9.17) is 28.5 Å². The maximum Gasteiger partial charge on any atom is 0.237 e. The highest BCUT2D eigenvalue weighted by molar-refractivity contribution is 6.30. The second-order valence-electron chi connectivity index (χ2n) is 2.35. The van der Waals surface area contributed by atoms with E-state index in [1.807, 2.05) is 0 Å². The van der Waals surface area contributed by atoms with E-state index < -0.39 is 0 Å². The minimum atomic E-state index is 0.375. The summed E-state index contributed by atoms with van der Waals surface area (Å²) in [5.41, 5.74) is 6.00. The van der Waals surface area contributed by atoms with E-state index in [0.29, 0.717) is 29.6 Å². The molecule has 0 aliphatic heterocycles. The van der Waals surface area contributed by atoms with Gasteiger partial charge < -0.3 is 10.5 Å². The van der Waals surface area contributed by atoms with Crippen molar-refractivity contribution in [3.8, 4) is 18.2 Å². The summed E-state index contributed by atoms with van der Waals surface area (Å²) in [7, 11) is 0. The van der Waals surface area contributed by atoms with Crippen molar-refractivity contribution in [3.05, 3.63) is 17.3 Å². The second-order valence-corrected chi connectivity index (χ2v) is 2.79. The van der Waals surface area contributed by atoms with Crippen LogP contribution in [0.1, 0.15) is 6.42 Å². The molecule has 4 heteroatoms. The van der Waals surface area contributed by atoms with Crippen LogP contribution in [0, 0.1) is 12.3 Å². The highest BCUT2D eigenvalue weighted by atomic mass is 35.5. The topological polar surface area (TPSA) is 48.1 Å². The summed E-state index contributed by atoms with van der Waals surface area (Å²) in [6, 6.07) is 1.58. The zero-order chi connectivity index (χ0) is 9.68. The summed E-state index contributed by atoms with van der Waals surface area (Å²) in [6.07, 6.45) is 7.06. The molecule has 0 aliphatic rings. The quantitative estimate of drug-likeness (QED) is 0.592. The first-order valence-corrected chi connectivity index (χ1v) is 4.09. The van der Waals surface area contributed by atoms with E-state index in [2.05, 4.69) is 10.9 Å². The number of pyridine rings is 1. The number of nitrogen functional groups attached to an aromatic ring is 1. The Labute approximate surface area is 81.9 Å². The summed E-state index contributed by atoms with van der Waals surface area (Å²) < 4.78 is 5.19. The molecule has 2 N–H and O–H groups in total. The van der Waals surface area contributed by atoms with E-state index in [9.17, 15) is 0 Å². The molecule has 0 atom stereocenters. The number of halogens is 1. The van der Waals surface area contributed by atoms with Crippen LogP contribution in [0.4, 0.5) is 5.69 Å². The molecular formula is C9H9ClN2O. The van der Waals surface area contributed by atoms with Gasteiger partial charge in [-0.05, 0) is 6.07 Å². The molecule has 0 bridgehead atoms. The standard InChI is InChI=1S/C9H9ClN2O/c1-2-3-4-13-9-8(11)5-7(10)6-12-9/h1,5-6H,3-4,11H2. The van der Waals surface area contributed by atoms with Crippen LogP contribution in [0.3, 0.4) is 0 Å². The number of ether oxygens (including phenoxy) is 1. The Balaban J connectivity index is 2.62. The van der Waals surface area contributed by atoms with Gasteiger partial charge in [0.15, 0.2) is 0 Å². The van der Waals surface area contributed by atoms with Crippen LogP contribution < -0.4 is 10.5 Å². The Hall–Kier alpha value is -1.40. The number of nitrogens with two attached hydrogens (primary N) is 1. The Bertz CT molecular complexity index is 333. The lowest BCUT2D eigenvalue weighted by molar-refractivity contribution is 0.316. The smallest absolute Gasteiger partial charge is 0.237 e. The molecule has 0 fully saturated rings. The lowest BCUT2D eigenvalue weighted by atomic mass is 10.4. The first-order chi connectivity index (χ1) is 6.24. The van der Waals surface area contributed by atoms with E-state index in [1.54, 1.807) is 6.07 Å². The van der Waals surface area contributed by atoms with Crippen molar-refractivity contribution in [2.75, 3.05) is 12.3 Å². The van der Waals surface area contributed by atoms with Crippen LogP contribution in [0.2, 0.25) is 5.02 Å². The van der Waals surface area contributed by atoms with Crippen LogP contribution in [0.25, 0.3) is 0 Å². The number of hydrogen-bond acceptors (Lipinski definition) is 3.